The molecule has 0 fully saturated rings. The Morgan fingerprint density at radius 2 is 2.55 bits per heavy atom. The van der Waals surface area contributed by atoms with Gasteiger partial charge in [0.15, 0.2) is 0 Å². The molecule has 1 aromatic rings. The molecule has 11 heavy (non-hydrogen) atoms. The molecule has 0 saturated carbocycles. The zero-order valence-electron chi connectivity index (χ0n) is 6.62. The van der Waals surface area contributed by atoms with E-state index in [1.165, 1.54) is 4.21 Å². The van der Waals surface area contributed by atoms with E-state index >= 15 is 0 Å². The lowest BCUT2D eigenvalue weighted by Gasteiger charge is -2.01. The van der Waals surface area contributed by atoms with E-state index < -0.39 is 0 Å². The third-order valence-corrected chi connectivity index (χ3v) is 3.48. The maximum Gasteiger partial charge on any atom is 0.0598 e. The number of hydrogen-bond donors (Lipinski definition) is 1. The Kier molecular flexibility index (Phi) is 3.97. The second kappa shape index (κ2) is 4.80. The molecule has 0 aliphatic heterocycles. The van der Waals surface area contributed by atoms with Crippen LogP contribution in [0, 0.1) is 0 Å². The lowest BCUT2D eigenvalue weighted by molar-refractivity contribution is 0.721. The first kappa shape index (κ1) is 9.10. The summed E-state index contributed by atoms with van der Waals surface area (Å²) in [5.74, 6) is 1.14. The predicted octanol–water partition coefficient (Wildman–Crippen LogP) is 2.58. The maximum absolute atomic E-state index is 5.62. The molecule has 3 heteroatoms. The fourth-order valence-electron chi connectivity index (χ4n) is 0.691. The largest absolute Gasteiger partial charge is 0.328 e. The summed E-state index contributed by atoms with van der Waals surface area (Å²) in [6.45, 7) is 2.05. The van der Waals surface area contributed by atoms with Crippen LogP contribution in [0.5, 0.6) is 0 Å². The van der Waals surface area contributed by atoms with E-state index in [0.29, 0.717) is 6.04 Å². The molecule has 62 valence electrons. The van der Waals surface area contributed by atoms with Crippen LogP contribution in [0.25, 0.3) is 0 Å². The standard InChI is InChI=1S/C8H13NS2/c1-7(9)4-6-11-8-3-2-5-10-8/h2-3,5,7H,4,6,9H2,1H3. The highest BCUT2D eigenvalue weighted by Gasteiger charge is 1.96. The van der Waals surface area contributed by atoms with Crippen molar-refractivity contribution in [1.29, 1.82) is 0 Å². The van der Waals surface area contributed by atoms with Gasteiger partial charge in [-0.15, -0.1) is 23.1 Å². The number of rotatable bonds is 4. The Morgan fingerprint density at radius 1 is 1.73 bits per heavy atom. The fourth-order valence-corrected chi connectivity index (χ4v) is 2.69. The summed E-state index contributed by atoms with van der Waals surface area (Å²) < 4.78 is 1.39. The summed E-state index contributed by atoms with van der Waals surface area (Å²) in [5, 5.41) is 2.11. The minimum Gasteiger partial charge on any atom is -0.328 e. The van der Waals surface area contributed by atoms with Crippen molar-refractivity contribution in [2.75, 3.05) is 5.75 Å². The van der Waals surface area contributed by atoms with Crippen LogP contribution in [0.15, 0.2) is 21.7 Å². The quantitative estimate of drug-likeness (QED) is 0.733. The van der Waals surface area contributed by atoms with Crippen LogP contribution >= 0.6 is 23.1 Å². The minimum atomic E-state index is 0.336. The molecule has 1 nitrogen and oxygen atoms in total. The molecule has 1 atom stereocenters. The molecule has 0 amide bonds. The molecule has 2 N–H and O–H groups in total. The Balaban J connectivity index is 2.14. The zero-order chi connectivity index (χ0) is 8.10. The average molecular weight is 187 g/mol. The molecule has 0 aliphatic rings. The molecule has 1 unspecified atom stereocenters. The van der Waals surface area contributed by atoms with E-state index in [4.69, 9.17) is 5.73 Å². The van der Waals surface area contributed by atoms with Gasteiger partial charge in [0.05, 0.1) is 4.21 Å². The summed E-state index contributed by atoms with van der Waals surface area (Å²) >= 11 is 3.69. The molecule has 0 bridgehead atoms. The average Bonchev–Trinajstić information content (AvgIpc) is 2.39. The molecule has 0 spiro atoms. The van der Waals surface area contributed by atoms with Crippen LogP contribution in [0.1, 0.15) is 13.3 Å². The summed E-state index contributed by atoms with van der Waals surface area (Å²) in [6, 6.07) is 4.57. The molecule has 1 rings (SSSR count). The lowest BCUT2D eigenvalue weighted by atomic mass is 10.3. The van der Waals surface area contributed by atoms with Gasteiger partial charge in [-0.3, -0.25) is 0 Å². The predicted molar refractivity (Wildman–Crippen MR) is 53.3 cm³/mol. The van der Waals surface area contributed by atoms with Crippen molar-refractivity contribution in [2.45, 2.75) is 23.6 Å². The number of nitrogens with two attached hydrogens (primary N) is 1. The number of thiophene rings is 1. The van der Waals surface area contributed by atoms with Gasteiger partial charge in [0.25, 0.3) is 0 Å². The van der Waals surface area contributed by atoms with Gasteiger partial charge in [0.1, 0.15) is 0 Å². The SMILES string of the molecule is CC(N)CCSc1cccs1. The third-order valence-electron chi connectivity index (χ3n) is 1.31. The summed E-state index contributed by atoms with van der Waals surface area (Å²) in [5.41, 5.74) is 5.62. The van der Waals surface area contributed by atoms with E-state index in [2.05, 4.69) is 24.4 Å². The molecule has 0 aliphatic carbocycles. The first-order chi connectivity index (χ1) is 5.29. The van der Waals surface area contributed by atoms with E-state index in [1.54, 1.807) is 11.3 Å². The summed E-state index contributed by atoms with van der Waals surface area (Å²) in [7, 11) is 0. The van der Waals surface area contributed by atoms with E-state index in [9.17, 15) is 0 Å². The van der Waals surface area contributed by atoms with Crippen LogP contribution in [-0.2, 0) is 0 Å². The highest BCUT2D eigenvalue weighted by Crippen LogP contribution is 2.23. The van der Waals surface area contributed by atoms with Gasteiger partial charge in [0.2, 0.25) is 0 Å². The third kappa shape index (κ3) is 3.79. The van der Waals surface area contributed by atoms with Gasteiger partial charge in [-0.1, -0.05) is 6.07 Å². The van der Waals surface area contributed by atoms with Crippen molar-refractivity contribution in [3.8, 4) is 0 Å². The van der Waals surface area contributed by atoms with E-state index in [-0.39, 0.29) is 0 Å². The minimum absolute atomic E-state index is 0.336. The normalized spacial score (nSPS) is 13.3. The van der Waals surface area contributed by atoms with Gasteiger partial charge in [-0.2, -0.15) is 0 Å². The van der Waals surface area contributed by atoms with Crippen LogP contribution in [-0.4, -0.2) is 11.8 Å². The van der Waals surface area contributed by atoms with Gasteiger partial charge < -0.3 is 5.73 Å². The summed E-state index contributed by atoms with van der Waals surface area (Å²) in [4.78, 5) is 0. The van der Waals surface area contributed by atoms with Gasteiger partial charge in [-0.05, 0) is 24.8 Å². The van der Waals surface area contributed by atoms with Gasteiger partial charge >= 0.3 is 0 Å². The maximum atomic E-state index is 5.62. The summed E-state index contributed by atoms with van der Waals surface area (Å²) in [6.07, 6.45) is 1.10. The van der Waals surface area contributed by atoms with Crippen molar-refractivity contribution in [2.24, 2.45) is 5.73 Å². The van der Waals surface area contributed by atoms with Crippen molar-refractivity contribution in [3.05, 3.63) is 17.5 Å². The Hall–Kier alpha value is 0.01000. The van der Waals surface area contributed by atoms with Gasteiger partial charge in [0, 0.05) is 11.8 Å². The molecule has 0 radical (unpaired) electrons. The van der Waals surface area contributed by atoms with Crippen LogP contribution in [0.4, 0.5) is 0 Å². The number of thioether (sulfide) groups is 1. The second-order valence-corrected chi connectivity index (χ2v) is 4.89. The zero-order valence-corrected chi connectivity index (χ0v) is 8.25. The molecular weight excluding hydrogens is 174 g/mol. The molecular formula is C8H13NS2. The molecule has 1 heterocycles. The Labute approximate surface area is 76.0 Å². The van der Waals surface area contributed by atoms with E-state index in [0.717, 1.165) is 12.2 Å². The topological polar surface area (TPSA) is 26.0 Å². The molecule has 0 saturated heterocycles. The first-order valence-corrected chi connectivity index (χ1v) is 5.57. The smallest absolute Gasteiger partial charge is 0.0598 e. The highest BCUT2D eigenvalue weighted by molar-refractivity contribution is 8.01. The fraction of sp³-hybridized carbons (Fsp3) is 0.500. The second-order valence-electron chi connectivity index (χ2n) is 2.55. The number of hydrogen-bond acceptors (Lipinski definition) is 3. The first-order valence-electron chi connectivity index (χ1n) is 3.71. The Morgan fingerprint density at radius 3 is 3.09 bits per heavy atom. The Bertz CT molecular complexity index is 182. The monoisotopic (exact) mass is 187 g/mol. The molecule has 0 aromatic carbocycles. The van der Waals surface area contributed by atoms with Crippen LogP contribution in [0.2, 0.25) is 0 Å². The van der Waals surface area contributed by atoms with Crippen LogP contribution in [0.3, 0.4) is 0 Å². The van der Waals surface area contributed by atoms with Crippen molar-refractivity contribution in [3.63, 3.8) is 0 Å². The highest BCUT2D eigenvalue weighted by atomic mass is 32.2. The molecule has 1 aromatic heterocycles. The van der Waals surface area contributed by atoms with Crippen molar-refractivity contribution in [1.82, 2.24) is 0 Å². The van der Waals surface area contributed by atoms with Crippen molar-refractivity contribution >= 4 is 23.1 Å². The lowest BCUT2D eigenvalue weighted by Crippen LogP contribution is -2.15. The van der Waals surface area contributed by atoms with Crippen LogP contribution < -0.4 is 5.73 Å². The van der Waals surface area contributed by atoms with Gasteiger partial charge in [-0.25, -0.2) is 0 Å². The van der Waals surface area contributed by atoms with Crippen molar-refractivity contribution < 1.29 is 0 Å². The van der Waals surface area contributed by atoms with E-state index in [1.807, 2.05) is 11.8 Å².